The smallest absolute Gasteiger partial charge is 0.435 e. The minimum Gasteiger partial charge on any atom is -0.435 e. The lowest BCUT2D eigenvalue weighted by atomic mass is 9.93. The van der Waals surface area contributed by atoms with Crippen LogP contribution in [0.2, 0.25) is 0 Å². The standard InChI is InChI=1S/C10H15NO3S2/c1-5(2)6(3)7-8(12)11(4,9(13)14)10(15)16-7/h5-7H,1-4H3/p+1. The molecule has 0 aromatic heterocycles. The maximum absolute atomic E-state index is 12.1. The van der Waals surface area contributed by atoms with Gasteiger partial charge in [-0.25, -0.2) is 4.79 Å². The van der Waals surface area contributed by atoms with Gasteiger partial charge in [-0.2, -0.15) is 4.79 Å². The van der Waals surface area contributed by atoms with Gasteiger partial charge in [-0.05, 0) is 35.8 Å². The number of thioether (sulfide) groups is 1. The first-order chi connectivity index (χ1) is 7.22. The number of carbonyl (C=O) groups excluding carboxylic acids is 1. The van der Waals surface area contributed by atoms with Gasteiger partial charge in [0.15, 0.2) is 0 Å². The van der Waals surface area contributed by atoms with E-state index in [1.807, 2.05) is 20.8 Å². The Morgan fingerprint density at radius 3 is 2.31 bits per heavy atom. The molecule has 1 aliphatic heterocycles. The van der Waals surface area contributed by atoms with Crippen LogP contribution >= 0.6 is 24.0 Å². The monoisotopic (exact) mass is 262 g/mol. The molecule has 0 aromatic carbocycles. The molecular weight excluding hydrogens is 246 g/mol. The van der Waals surface area contributed by atoms with Crippen LogP contribution in [0.1, 0.15) is 20.8 Å². The van der Waals surface area contributed by atoms with Crippen LogP contribution in [0.5, 0.6) is 0 Å². The molecule has 1 N–H and O–H groups in total. The van der Waals surface area contributed by atoms with Gasteiger partial charge < -0.3 is 5.11 Å². The Kier molecular flexibility index (Phi) is 3.76. The molecule has 0 radical (unpaired) electrons. The van der Waals surface area contributed by atoms with Gasteiger partial charge in [0.1, 0.15) is 5.25 Å². The van der Waals surface area contributed by atoms with E-state index in [9.17, 15) is 9.59 Å². The number of imide groups is 1. The third kappa shape index (κ3) is 1.89. The summed E-state index contributed by atoms with van der Waals surface area (Å²) in [5, 5.41) is 8.76. The van der Waals surface area contributed by atoms with Crippen molar-refractivity contribution in [2.24, 2.45) is 11.8 Å². The van der Waals surface area contributed by atoms with Gasteiger partial charge in [0.05, 0.1) is 7.05 Å². The number of nitrogens with zero attached hydrogens (tertiary/aromatic N) is 1. The van der Waals surface area contributed by atoms with Gasteiger partial charge in [0.2, 0.25) is 0 Å². The van der Waals surface area contributed by atoms with Crippen molar-refractivity contribution in [1.82, 2.24) is 0 Å². The second kappa shape index (κ2) is 4.43. The zero-order valence-electron chi connectivity index (χ0n) is 9.76. The van der Waals surface area contributed by atoms with Crippen molar-refractivity contribution in [3.8, 4) is 0 Å². The van der Waals surface area contributed by atoms with Crippen LogP contribution in [0.15, 0.2) is 0 Å². The van der Waals surface area contributed by atoms with Crippen LogP contribution in [-0.4, -0.2) is 38.2 Å². The van der Waals surface area contributed by atoms with Crippen molar-refractivity contribution in [3.63, 3.8) is 0 Å². The third-order valence-electron chi connectivity index (χ3n) is 3.19. The summed E-state index contributed by atoms with van der Waals surface area (Å²) in [6.07, 6.45) is -1.19. The molecule has 1 saturated heterocycles. The molecule has 2 amide bonds. The van der Waals surface area contributed by atoms with Gasteiger partial charge in [-0.3, -0.25) is 0 Å². The quantitative estimate of drug-likeness (QED) is 0.611. The van der Waals surface area contributed by atoms with Crippen molar-refractivity contribution in [3.05, 3.63) is 0 Å². The Bertz CT molecular complexity index is 356. The Hall–Kier alpha value is -0.460. The van der Waals surface area contributed by atoms with Crippen molar-refractivity contribution in [2.75, 3.05) is 7.05 Å². The van der Waals surface area contributed by atoms with E-state index in [0.29, 0.717) is 5.92 Å². The predicted octanol–water partition coefficient (Wildman–Crippen LogP) is 2.33. The molecule has 6 heteroatoms. The average Bonchev–Trinajstić information content (AvgIpc) is 2.42. The molecule has 1 aliphatic rings. The van der Waals surface area contributed by atoms with Gasteiger partial charge >= 0.3 is 12.0 Å². The van der Waals surface area contributed by atoms with E-state index in [0.717, 1.165) is 0 Å². The summed E-state index contributed by atoms with van der Waals surface area (Å²) in [5.74, 6) is 0.128. The third-order valence-corrected chi connectivity index (χ3v) is 5.29. The summed E-state index contributed by atoms with van der Waals surface area (Å²) in [4.78, 5) is 23.2. The lowest BCUT2D eigenvalue weighted by Crippen LogP contribution is -2.54. The zero-order chi connectivity index (χ0) is 12.7. The summed E-state index contributed by atoms with van der Waals surface area (Å²) in [7, 11) is 1.35. The van der Waals surface area contributed by atoms with Crippen LogP contribution in [0.3, 0.4) is 0 Å². The second-order valence-corrected chi connectivity index (χ2v) is 6.31. The highest BCUT2D eigenvalue weighted by Crippen LogP contribution is 2.39. The summed E-state index contributed by atoms with van der Waals surface area (Å²) in [6, 6.07) is 0. The number of rotatable bonds is 2. The van der Waals surface area contributed by atoms with Crippen LogP contribution in [0.25, 0.3) is 0 Å². The van der Waals surface area contributed by atoms with Gasteiger partial charge in [0.25, 0.3) is 4.32 Å². The molecule has 0 spiro atoms. The summed E-state index contributed by atoms with van der Waals surface area (Å²) < 4.78 is -0.531. The summed E-state index contributed by atoms with van der Waals surface area (Å²) in [6.45, 7) is 6.00. The topological polar surface area (TPSA) is 54.4 Å². The minimum atomic E-state index is -1.19. The molecule has 90 valence electrons. The number of thiocarbonyl (C=S) groups is 1. The number of amides is 2. The maximum atomic E-state index is 12.1. The van der Waals surface area contributed by atoms with Crippen molar-refractivity contribution < 1.29 is 19.2 Å². The SMILES string of the molecule is CC(C)C(C)C1SC(=S)[N+](C)(C(=O)O)C1=O. The Balaban J connectivity index is 3.04. The zero-order valence-corrected chi connectivity index (χ0v) is 11.4. The molecule has 4 nitrogen and oxygen atoms in total. The molecule has 3 unspecified atom stereocenters. The molecule has 1 rings (SSSR count). The molecule has 16 heavy (non-hydrogen) atoms. The highest BCUT2D eigenvalue weighted by molar-refractivity contribution is 8.23. The van der Waals surface area contributed by atoms with E-state index in [4.69, 9.17) is 17.3 Å². The number of carbonyl (C=O) groups is 2. The first-order valence-corrected chi connectivity index (χ1v) is 6.37. The fourth-order valence-corrected chi connectivity index (χ4v) is 3.38. The van der Waals surface area contributed by atoms with Crippen LogP contribution < -0.4 is 0 Å². The lowest BCUT2D eigenvalue weighted by molar-refractivity contribution is -0.653. The molecule has 1 heterocycles. The van der Waals surface area contributed by atoms with Gasteiger partial charge in [-0.1, -0.05) is 20.8 Å². The summed E-state index contributed by atoms with van der Waals surface area (Å²) in [5.41, 5.74) is 0. The number of hydrogen-bond donors (Lipinski definition) is 1. The fourth-order valence-electron chi connectivity index (χ4n) is 1.46. The highest BCUT2D eigenvalue weighted by atomic mass is 32.2. The van der Waals surface area contributed by atoms with Crippen LogP contribution in [0.4, 0.5) is 4.79 Å². The normalized spacial score (nSPS) is 32.2. The average molecular weight is 262 g/mol. The summed E-state index contributed by atoms with van der Waals surface area (Å²) >= 11 is 6.24. The molecule has 0 bridgehead atoms. The minimum absolute atomic E-state index is 0.120. The molecule has 0 aliphatic carbocycles. The fraction of sp³-hybridized carbons (Fsp3) is 0.700. The van der Waals surface area contributed by atoms with E-state index < -0.39 is 10.6 Å². The first-order valence-electron chi connectivity index (χ1n) is 5.08. The Morgan fingerprint density at radius 2 is 2.00 bits per heavy atom. The second-order valence-electron chi connectivity index (χ2n) is 4.53. The predicted molar refractivity (Wildman–Crippen MR) is 67.2 cm³/mol. The maximum Gasteiger partial charge on any atom is 0.527 e. The van der Waals surface area contributed by atoms with E-state index in [1.54, 1.807) is 0 Å². The van der Waals surface area contributed by atoms with E-state index in [-0.39, 0.29) is 21.4 Å². The van der Waals surface area contributed by atoms with Gasteiger partial charge in [0, 0.05) is 0 Å². The van der Waals surface area contributed by atoms with Crippen molar-refractivity contribution in [1.29, 1.82) is 0 Å². The largest absolute Gasteiger partial charge is 0.527 e. The molecule has 3 atom stereocenters. The van der Waals surface area contributed by atoms with Crippen LogP contribution in [0, 0.1) is 11.8 Å². The Labute approximate surface area is 105 Å². The molecule has 0 aromatic rings. The first kappa shape index (κ1) is 13.6. The van der Waals surface area contributed by atoms with Crippen LogP contribution in [-0.2, 0) is 4.79 Å². The molecule has 0 saturated carbocycles. The number of hydrogen-bond acceptors (Lipinski definition) is 4. The molecule has 1 fully saturated rings. The van der Waals surface area contributed by atoms with Crippen molar-refractivity contribution in [2.45, 2.75) is 26.0 Å². The highest BCUT2D eigenvalue weighted by Gasteiger charge is 2.58. The number of quaternary nitrogens is 1. The molecular formula is C10H16NO3S2+. The van der Waals surface area contributed by atoms with E-state index >= 15 is 0 Å². The van der Waals surface area contributed by atoms with Gasteiger partial charge in [-0.15, -0.1) is 4.48 Å². The lowest BCUT2D eigenvalue weighted by Gasteiger charge is -2.20. The van der Waals surface area contributed by atoms with Crippen molar-refractivity contribution >= 4 is 40.3 Å². The van der Waals surface area contributed by atoms with E-state index in [1.165, 1.54) is 18.8 Å². The van der Waals surface area contributed by atoms with E-state index in [2.05, 4.69) is 0 Å². The number of carboxylic acid groups (broad SMARTS) is 1. The Morgan fingerprint density at radius 1 is 1.50 bits per heavy atom.